The van der Waals surface area contributed by atoms with E-state index in [4.69, 9.17) is 4.98 Å². The molecule has 30 heavy (non-hydrogen) atoms. The lowest BCUT2D eigenvalue weighted by Crippen LogP contribution is -2.43. The molecule has 2 fully saturated rings. The molecule has 5 rings (SSSR count). The van der Waals surface area contributed by atoms with Crippen LogP contribution >= 0.6 is 0 Å². The molecule has 0 aliphatic heterocycles. The van der Waals surface area contributed by atoms with Crippen LogP contribution in [0.25, 0.3) is 22.4 Å². The minimum absolute atomic E-state index is 0.0129. The molecule has 2 aromatic carbocycles. The summed E-state index contributed by atoms with van der Waals surface area (Å²) in [6, 6.07) is 13.6. The number of rotatable bonds is 5. The van der Waals surface area contributed by atoms with Gasteiger partial charge in [-0.2, -0.15) is 0 Å². The van der Waals surface area contributed by atoms with Crippen LogP contribution in [0, 0.1) is 11.8 Å². The Kier molecular flexibility index (Phi) is 4.77. The molecule has 0 bridgehead atoms. The first-order valence-corrected chi connectivity index (χ1v) is 10.7. The summed E-state index contributed by atoms with van der Waals surface area (Å²) in [6.07, 6.45) is 6.86. The molecule has 3 atom stereocenters. The first-order valence-electron chi connectivity index (χ1n) is 10.7. The van der Waals surface area contributed by atoms with Gasteiger partial charge in [0.2, 0.25) is 6.41 Å². The first kappa shape index (κ1) is 18.9. The normalized spacial score (nSPS) is 22.8. The number of imidazole rings is 1. The zero-order chi connectivity index (χ0) is 20.7. The average Bonchev–Trinajstić information content (AvgIpc) is 3.06. The Hall–Kier alpha value is -3.15. The number of carbonyl (C=O) groups is 2. The van der Waals surface area contributed by atoms with E-state index in [1.165, 1.54) is 19.3 Å². The molecule has 2 amide bonds. The zero-order valence-electron chi connectivity index (χ0n) is 17.1. The van der Waals surface area contributed by atoms with Crippen molar-refractivity contribution < 1.29 is 9.59 Å². The lowest BCUT2D eigenvalue weighted by Gasteiger charge is -2.44. The highest BCUT2D eigenvalue weighted by Crippen LogP contribution is 2.44. The van der Waals surface area contributed by atoms with E-state index in [-0.39, 0.29) is 5.91 Å². The van der Waals surface area contributed by atoms with Crippen molar-refractivity contribution in [3.63, 3.8) is 0 Å². The Morgan fingerprint density at radius 3 is 2.53 bits per heavy atom. The number of hydrogen-bond acceptors (Lipinski definition) is 3. The third-order valence-electron chi connectivity index (χ3n) is 6.90. The third kappa shape index (κ3) is 3.36. The molecule has 2 N–H and O–H groups in total. The predicted octanol–water partition coefficient (Wildman–Crippen LogP) is 4.12. The van der Waals surface area contributed by atoms with Gasteiger partial charge < -0.3 is 15.2 Å². The number of aromatic nitrogens is 2. The second-order valence-electron chi connectivity index (χ2n) is 8.62. The molecule has 0 spiro atoms. The molecule has 2 aliphatic rings. The Morgan fingerprint density at radius 1 is 1.07 bits per heavy atom. The lowest BCUT2D eigenvalue weighted by molar-refractivity contribution is -0.105. The average molecular weight is 402 g/mol. The van der Waals surface area contributed by atoms with Crippen molar-refractivity contribution in [1.29, 1.82) is 0 Å². The van der Waals surface area contributed by atoms with Gasteiger partial charge in [0.1, 0.15) is 5.82 Å². The van der Waals surface area contributed by atoms with Crippen molar-refractivity contribution in [2.75, 3.05) is 5.32 Å². The molecule has 6 nitrogen and oxygen atoms in total. The van der Waals surface area contributed by atoms with Gasteiger partial charge >= 0.3 is 0 Å². The lowest BCUT2D eigenvalue weighted by atomic mass is 9.64. The van der Waals surface area contributed by atoms with Crippen LogP contribution in [-0.2, 0) is 11.8 Å². The van der Waals surface area contributed by atoms with Crippen LogP contribution in [0.3, 0.4) is 0 Å². The molecular formula is C24H26N4O2. The van der Waals surface area contributed by atoms with E-state index in [1.807, 2.05) is 54.1 Å². The fourth-order valence-corrected chi connectivity index (χ4v) is 5.01. The summed E-state index contributed by atoms with van der Waals surface area (Å²) in [5.41, 5.74) is 4.14. The van der Waals surface area contributed by atoms with Crippen LogP contribution < -0.4 is 10.6 Å². The van der Waals surface area contributed by atoms with Crippen molar-refractivity contribution in [1.82, 2.24) is 14.9 Å². The predicted molar refractivity (Wildman–Crippen MR) is 117 cm³/mol. The summed E-state index contributed by atoms with van der Waals surface area (Å²) in [6.45, 7) is 0. The van der Waals surface area contributed by atoms with E-state index >= 15 is 0 Å². The second kappa shape index (κ2) is 7.59. The number of fused-ring (bicyclic) bond motifs is 2. The molecule has 1 aromatic heterocycles. The number of hydrogen-bond donors (Lipinski definition) is 2. The molecule has 1 heterocycles. The SMILES string of the molecule is Cn1c(-c2ccc(C(=O)NC3CCC4CCC4C3)cc2)nc2cc(NC=O)ccc21. The summed E-state index contributed by atoms with van der Waals surface area (Å²) in [5.74, 6) is 2.57. The smallest absolute Gasteiger partial charge is 0.251 e. The van der Waals surface area contributed by atoms with E-state index in [1.54, 1.807) is 0 Å². The van der Waals surface area contributed by atoms with Crippen LogP contribution in [-0.4, -0.2) is 27.9 Å². The number of aryl methyl sites for hydroxylation is 1. The summed E-state index contributed by atoms with van der Waals surface area (Å²) in [5, 5.41) is 5.89. The highest BCUT2D eigenvalue weighted by atomic mass is 16.1. The van der Waals surface area contributed by atoms with Gasteiger partial charge in [-0.1, -0.05) is 12.1 Å². The van der Waals surface area contributed by atoms with Crippen molar-refractivity contribution in [2.24, 2.45) is 18.9 Å². The molecule has 3 aromatic rings. The van der Waals surface area contributed by atoms with Crippen LogP contribution in [0.5, 0.6) is 0 Å². The van der Waals surface area contributed by atoms with Gasteiger partial charge in [0.25, 0.3) is 5.91 Å². The molecular weight excluding hydrogens is 376 g/mol. The van der Waals surface area contributed by atoms with E-state index in [0.29, 0.717) is 23.7 Å². The maximum absolute atomic E-state index is 12.7. The molecule has 2 aliphatic carbocycles. The van der Waals surface area contributed by atoms with E-state index in [0.717, 1.165) is 47.1 Å². The summed E-state index contributed by atoms with van der Waals surface area (Å²) >= 11 is 0. The highest BCUT2D eigenvalue weighted by Gasteiger charge is 2.37. The first-order chi connectivity index (χ1) is 14.6. The highest BCUT2D eigenvalue weighted by molar-refractivity contribution is 5.95. The van der Waals surface area contributed by atoms with Gasteiger partial charge in [-0.15, -0.1) is 0 Å². The van der Waals surface area contributed by atoms with Gasteiger partial charge in [0, 0.05) is 29.9 Å². The third-order valence-corrected chi connectivity index (χ3v) is 6.90. The number of benzene rings is 2. The van der Waals surface area contributed by atoms with Gasteiger partial charge in [0.15, 0.2) is 0 Å². The van der Waals surface area contributed by atoms with Crippen molar-refractivity contribution in [3.8, 4) is 11.4 Å². The molecule has 154 valence electrons. The van der Waals surface area contributed by atoms with Crippen molar-refractivity contribution in [2.45, 2.75) is 38.1 Å². The standard InChI is InChI=1S/C24H26N4O2/c1-28-22-11-10-19(25-14-29)13-21(22)27-23(28)16-3-5-17(6-4-16)24(30)26-20-9-8-15-2-7-18(15)12-20/h3-6,10-11,13-15,18,20H,2,7-9,12H2,1H3,(H,25,29)(H,26,30). The van der Waals surface area contributed by atoms with Crippen molar-refractivity contribution >= 4 is 29.0 Å². The Morgan fingerprint density at radius 2 is 1.83 bits per heavy atom. The Labute approximate surface area is 175 Å². The zero-order valence-corrected chi connectivity index (χ0v) is 17.1. The number of amides is 2. The number of anilines is 1. The van der Waals surface area contributed by atoms with E-state index in [2.05, 4.69) is 10.6 Å². The van der Waals surface area contributed by atoms with Gasteiger partial charge in [-0.3, -0.25) is 9.59 Å². The van der Waals surface area contributed by atoms with Crippen LogP contribution in [0.1, 0.15) is 42.5 Å². The summed E-state index contributed by atoms with van der Waals surface area (Å²) in [4.78, 5) is 28.1. The molecule has 0 radical (unpaired) electrons. The Bertz CT molecular complexity index is 1100. The van der Waals surface area contributed by atoms with E-state index < -0.39 is 0 Å². The molecule has 2 saturated carbocycles. The van der Waals surface area contributed by atoms with Gasteiger partial charge in [-0.25, -0.2) is 4.98 Å². The van der Waals surface area contributed by atoms with Crippen LogP contribution in [0.4, 0.5) is 5.69 Å². The Balaban J connectivity index is 1.32. The quantitative estimate of drug-likeness (QED) is 0.631. The molecule has 0 saturated heterocycles. The second-order valence-corrected chi connectivity index (χ2v) is 8.62. The fourth-order valence-electron chi connectivity index (χ4n) is 5.01. The minimum atomic E-state index is 0.0129. The maximum Gasteiger partial charge on any atom is 0.251 e. The van der Waals surface area contributed by atoms with Gasteiger partial charge in [-0.05, 0) is 74.3 Å². The topological polar surface area (TPSA) is 76.0 Å². The summed E-state index contributed by atoms with van der Waals surface area (Å²) < 4.78 is 2.02. The fraction of sp³-hybridized carbons (Fsp3) is 0.375. The summed E-state index contributed by atoms with van der Waals surface area (Å²) in [7, 11) is 1.97. The molecule has 3 unspecified atom stereocenters. The molecule has 6 heteroatoms. The number of carbonyl (C=O) groups excluding carboxylic acids is 2. The number of nitrogens with one attached hydrogen (secondary N) is 2. The van der Waals surface area contributed by atoms with Crippen molar-refractivity contribution in [3.05, 3.63) is 48.0 Å². The maximum atomic E-state index is 12.7. The van der Waals surface area contributed by atoms with Gasteiger partial charge in [0.05, 0.1) is 11.0 Å². The van der Waals surface area contributed by atoms with Crippen LogP contribution in [0.2, 0.25) is 0 Å². The van der Waals surface area contributed by atoms with E-state index in [9.17, 15) is 9.59 Å². The number of nitrogens with zero attached hydrogens (tertiary/aromatic N) is 2. The van der Waals surface area contributed by atoms with Crippen LogP contribution in [0.15, 0.2) is 42.5 Å². The monoisotopic (exact) mass is 402 g/mol. The minimum Gasteiger partial charge on any atom is -0.349 e. The largest absolute Gasteiger partial charge is 0.349 e.